The lowest BCUT2D eigenvalue weighted by molar-refractivity contribution is 0.0486. The predicted octanol–water partition coefficient (Wildman–Crippen LogP) is 6.65. The van der Waals surface area contributed by atoms with Crippen LogP contribution in [0.25, 0.3) is 21.8 Å². The Morgan fingerprint density at radius 1 is 0.851 bits per heavy atom. The van der Waals surface area contributed by atoms with Crippen LogP contribution in [-0.4, -0.2) is 56.8 Å². The maximum absolute atomic E-state index is 13.9. The highest BCUT2D eigenvalue weighted by atomic mass is 16.6. The summed E-state index contributed by atoms with van der Waals surface area (Å²) in [6.07, 6.45) is 3.53. The van der Waals surface area contributed by atoms with Gasteiger partial charge in [0.1, 0.15) is 22.7 Å². The van der Waals surface area contributed by atoms with Gasteiger partial charge in [-0.05, 0) is 97.1 Å². The Hall–Kier alpha value is -4.93. The summed E-state index contributed by atoms with van der Waals surface area (Å²) in [7, 11) is 0. The zero-order valence-corrected chi connectivity index (χ0v) is 27.9. The van der Waals surface area contributed by atoms with Crippen molar-refractivity contribution >= 4 is 45.7 Å². The Morgan fingerprint density at radius 3 is 2.17 bits per heavy atom. The number of fused-ring (bicyclic) bond motifs is 2. The first-order valence-corrected chi connectivity index (χ1v) is 16.0. The van der Waals surface area contributed by atoms with E-state index in [9.17, 15) is 14.4 Å². The number of nitrogens with zero attached hydrogens (tertiary/aromatic N) is 2. The lowest BCUT2D eigenvalue weighted by Gasteiger charge is -2.30. The van der Waals surface area contributed by atoms with E-state index in [0.29, 0.717) is 17.8 Å². The molecular weight excluding hydrogens is 596 g/mol. The van der Waals surface area contributed by atoms with Crippen molar-refractivity contribution in [2.24, 2.45) is 0 Å². The van der Waals surface area contributed by atoms with Crippen LogP contribution in [0.5, 0.6) is 0 Å². The lowest BCUT2D eigenvalue weighted by Crippen LogP contribution is -2.45. The second-order valence-electron chi connectivity index (χ2n) is 14.0. The first-order chi connectivity index (χ1) is 22.1. The number of amidine groups is 1. The normalized spacial score (nSPS) is 16.8. The Bertz CT molecular complexity index is 1800. The first kappa shape index (κ1) is 33.4. The zero-order chi connectivity index (χ0) is 33.9. The number of benzene rings is 2. The minimum absolute atomic E-state index is 0.00699. The second kappa shape index (κ2) is 13.4. The van der Waals surface area contributed by atoms with E-state index in [4.69, 9.17) is 14.9 Å². The van der Waals surface area contributed by atoms with Gasteiger partial charge in [0, 0.05) is 46.7 Å². The number of aromatic nitrogens is 2. The van der Waals surface area contributed by atoms with Gasteiger partial charge in [-0.15, -0.1) is 0 Å². The molecule has 2 aromatic heterocycles. The number of carbonyl (C=O) groups is 3. The first-order valence-electron chi connectivity index (χ1n) is 16.0. The number of amides is 3. The molecule has 2 heterocycles. The third-order valence-corrected chi connectivity index (χ3v) is 7.90. The fraction of sp³-hybridized carbons (Fsp3) is 0.417. The fourth-order valence-corrected chi connectivity index (χ4v) is 5.83. The third-order valence-electron chi connectivity index (χ3n) is 7.90. The molecule has 5 rings (SSSR count). The summed E-state index contributed by atoms with van der Waals surface area (Å²) in [6.45, 7) is 11.2. The molecular formula is C36H44N6O5. The number of para-hydroxylation sites is 1. The van der Waals surface area contributed by atoms with E-state index in [1.807, 2.05) is 73.9 Å². The van der Waals surface area contributed by atoms with Crippen molar-refractivity contribution in [3.63, 3.8) is 0 Å². The van der Waals surface area contributed by atoms with E-state index in [0.717, 1.165) is 53.1 Å². The van der Waals surface area contributed by atoms with Crippen LogP contribution in [0.3, 0.4) is 0 Å². The Balaban J connectivity index is 1.39. The summed E-state index contributed by atoms with van der Waals surface area (Å²) in [5.41, 5.74) is 2.29. The molecule has 1 fully saturated rings. The van der Waals surface area contributed by atoms with Crippen LogP contribution in [0.4, 0.5) is 9.59 Å². The molecule has 0 atom stereocenters. The topological polar surface area (TPSA) is 147 Å². The molecule has 47 heavy (non-hydrogen) atoms. The molecule has 2 aromatic carbocycles. The highest BCUT2D eigenvalue weighted by Gasteiger charge is 2.27. The minimum Gasteiger partial charge on any atom is -0.444 e. The molecule has 1 aliphatic carbocycles. The Labute approximate surface area is 274 Å². The summed E-state index contributed by atoms with van der Waals surface area (Å²) in [5, 5.41) is 19.1. The molecule has 0 spiro atoms. The van der Waals surface area contributed by atoms with Gasteiger partial charge in [-0.25, -0.2) is 9.59 Å². The molecule has 0 radical (unpaired) electrons. The molecule has 1 saturated carbocycles. The maximum atomic E-state index is 13.9. The van der Waals surface area contributed by atoms with Gasteiger partial charge in [-0.2, -0.15) is 0 Å². The standard InChI is InChI=1S/C36H44N6O5/c1-35(2,3)46-33(44)40-26-15-13-25(14-16-26)39-32(43)30-19-22-11-12-23(31(37)41-34(45)47-36(4,5)6)20-29(22)42(30)21-24-17-18-38-28-10-8-7-9-27(24)28/h7-12,17-20,25-26H,13-16,21H2,1-6H3,(H,39,43)(H,40,44)(H2,37,41,45)/t25-,26-. The number of hydrogen-bond donors (Lipinski definition) is 4. The SMILES string of the molecule is CC(C)(C)OC(=O)NC(=N)c1ccc2cc(C(=O)N[C@H]3CC[C@H](NC(=O)OC(C)(C)C)CC3)n(Cc3ccnc4ccccc34)c2c1. The molecule has 4 N–H and O–H groups in total. The van der Waals surface area contributed by atoms with Crippen molar-refractivity contribution < 1.29 is 23.9 Å². The van der Waals surface area contributed by atoms with Crippen LogP contribution in [0.1, 0.15) is 88.8 Å². The number of rotatable bonds is 6. The van der Waals surface area contributed by atoms with Gasteiger partial charge in [-0.1, -0.05) is 30.3 Å². The van der Waals surface area contributed by atoms with Crippen LogP contribution in [0.15, 0.2) is 60.8 Å². The van der Waals surface area contributed by atoms with Crippen LogP contribution in [-0.2, 0) is 16.0 Å². The van der Waals surface area contributed by atoms with Gasteiger partial charge >= 0.3 is 12.2 Å². The average Bonchev–Trinajstić information content (AvgIpc) is 3.34. The van der Waals surface area contributed by atoms with Gasteiger partial charge in [0.2, 0.25) is 0 Å². The number of alkyl carbamates (subject to hydrolysis) is 2. The molecule has 11 nitrogen and oxygen atoms in total. The van der Waals surface area contributed by atoms with Crippen molar-refractivity contribution in [3.8, 4) is 0 Å². The van der Waals surface area contributed by atoms with Crippen molar-refractivity contribution in [2.45, 2.75) is 97.1 Å². The van der Waals surface area contributed by atoms with E-state index in [1.165, 1.54) is 0 Å². The molecule has 1 aliphatic rings. The van der Waals surface area contributed by atoms with Gasteiger partial charge in [0.05, 0.1) is 5.52 Å². The Morgan fingerprint density at radius 2 is 1.49 bits per heavy atom. The molecule has 3 amide bonds. The number of pyridine rings is 1. The summed E-state index contributed by atoms with van der Waals surface area (Å²) in [6, 6.07) is 17.0. The summed E-state index contributed by atoms with van der Waals surface area (Å²) < 4.78 is 12.7. The van der Waals surface area contributed by atoms with Gasteiger partial charge < -0.3 is 24.7 Å². The minimum atomic E-state index is -0.711. The van der Waals surface area contributed by atoms with E-state index in [1.54, 1.807) is 33.0 Å². The molecule has 0 unspecified atom stereocenters. The number of ether oxygens (including phenoxy) is 2. The molecule has 0 saturated heterocycles. The maximum Gasteiger partial charge on any atom is 0.413 e. The fourth-order valence-electron chi connectivity index (χ4n) is 5.83. The van der Waals surface area contributed by atoms with E-state index >= 15 is 0 Å². The van der Waals surface area contributed by atoms with Crippen LogP contribution >= 0.6 is 0 Å². The summed E-state index contributed by atoms with van der Waals surface area (Å²) >= 11 is 0. The molecule has 248 valence electrons. The van der Waals surface area contributed by atoms with E-state index in [-0.39, 0.29) is 23.8 Å². The molecule has 0 bridgehead atoms. The number of carbonyl (C=O) groups excluding carboxylic acids is 3. The summed E-state index contributed by atoms with van der Waals surface area (Å²) in [4.78, 5) is 43.1. The monoisotopic (exact) mass is 640 g/mol. The lowest BCUT2D eigenvalue weighted by atomic mass is 9.91. The second-order valence-corrected chi connectivity index (χ2v) is 14.0. The van der Waals surface area contributed by atoms with Crippen molar-refractivity contribution in [2.75, 3.05) is 0 Å². The van der Waals surface area contributed by atoms with E-state index < -0.39 is 23.4 Å². The van der Waals surface area contributed by atoms with Gasteiger partial charge in [0.25, 0.3) is 5.91 Å². The number of nitrogens with one attached hydrogen (secondary N) is 4. The van der Waals surface area contributed by atoms with Gasteiger partial charge in [0.15, 0.2) is 0 Å². The molecule has 0 aliphatic heterocycles. The Kier molecular flexibility index (Phi) is 9.55. The quantitative estimate of drug-likeness (QED) is 0.137. The molecule has 11 heteroatoms. The zero-order valence-electron chi connectivity index (χ0n) is 27.9. The van der Waals surface area contributed by atoms with Crippen LogP contribution < -0.4 is 16.0 Å². The van der Waals surface area contributed by atoms with Crippen molar-refractivity contribution in [1.82, 2.24) is 25.5 Å². The van der Waals surface area contributed by atoms with Gasteiger partial charge in [-0.3, -0.25) is 20.5 Å². The highest BCUT2D eigenvalue weighted by Crippen LogP contribution is 2.27. The van der Waals surface area contributed by atoms with Crippen molar-refractivity contribution in [1.29, 1.82) is 5.41 Å². The highest BCUT2D eigenvalue weighted by molar-refractivity contribution is 6.07. The third kappa shape index (κ3) is 8.66. The number of hydrogen-bond acceptors (Lipinski definition) is 7. The van der Waals surface area contributed by atoms with E-state index in [2.05, 4.69) is 20.9 Å². The molecule has 4 aromatic rings. The van der Waals surface area contributed by atoms with Crippen LogP contribution in [0.2, 0.25) is 0 Å². The van der Waals surface area contributed by atoms with Crippen LogP contribution in [0, 0.1) is 5.41 Å². The predicted molar refractivity (Wildman–Crippen MR) is 182 cm³/mol. The largest absolute Gasteiger partial charge is 0.444 e. The smallest absolute Gasteiger partial charge is 0.413 e. The average molecular weight is 641 g/mol. The summed E-state index contributed by atoms with van der Waals surface area (Å²) in [5.74, 6) is -0.308. The van der Waals surface area contributed by atoms with Crippen molar-refractivity contribution in [3.05, 3.63) is 77.6 Å².